The Balaban J connectivity index is 2.12. The molecule has 0 fully saturated rings. The summed E-state index contributed by atoms with van der Waals surface area (Å²) in [5.74, 6) is -0.434. The molecule has 2 rings (SSSR count). The van der Waals surface area contributed by atoms with Gasteiger partial charge in [-0.15, -0.1) is 0 Å². The summed E-state index contributed by atoms with van der Waals surface area (Å²) < 4.78 is 5.39. The first kappa shape index (κ1) is 19.0. The van der Waals surface area contributed by atoms with Gasteiger partial charge in [-0.3, -0.25) is 0 Å². The molecule has 0 aromatic heterocycles. The third kappa shape index (κ3) is 5.33. The molecule has 0 aliphatic heterocycles. The predicted molar refractivity (Wildman–Crippen MR) is 103 cm³/mol. The molecule has 2 aromatic rings. The number of hydrogen-bond acceptors (Lipinski definition) is 3. The topological polar surface area (TPSA) is 41.9 Å². The number of benzene rings is 2. The van der Waals surface area contributed by atoms with E-state index in [1.54, 1.807) is 18.5 Å². The van der Waals surface area contributed by atoms with Gasteiger partial charge in [-0.05, 0) is 44.0 Å². The highest BCUT2D eigenvalue weighted by molar-refractivity contribution is 6.33. The monoisotopic (exact) mass is 358 g/mol. The highest BCUT2D eigenvalue weighted by Crippen LogP contribution is 2.28. The van der Waals surface area contributed by atoms with Crippen LogP contribution in [0.3, 0.4) is 0 Å². The number of carbonyl (C=O) groups excluding carboxylic acids is 1. The molecular formula is C20H23ClN2O2. The molecule has 132 valence electrons. The van der Waals surface area contributed by atoms with Gasteiger partial charge in [-0.2, -0.15) is 0 Å². The van der Waals surface area contributed by atoms with Crippen molar-refractivity contribution in [2.24, 2.45) is 4.99 Å². The van der Waals surface area contributed by atoms with Gasteiger partial charge in [-0.25, -0.2) is 9.79 Å². The van der Waals surface area contributed by atoms with Gasteiger partial charge in [0.2, 0.25) is 0 Å². The molecule has 0 saturated heterocycles. The fraction of sp³-hybridized carbons (Fsp3) is 0.300. The maximum atomic E-state index is 12.3. The van der Waals surface area contributed by atoms with Gasteiger partial charge in [0, 0.05) is 13.6 Å². The van der Waals surface area contributed by atoms with Crippen LogP contribution in [0.2, 0.25) is 5.02 Å². The molecule has 0 N–H and O–H groups in total. The van der Waals surface area contributed by atoms with E-state index >= 15 is 0 Å². The second-order valence-electron chi connectivity index (χ2n) is 6.00. The van der Waals surface area contributed by atoms with Crippen LogP contribution in [0.15, 0.2) is 41.4 Å². The zero-order valence-corrected chi connectivity index (χ0v) is 15.8. The van der Waals surface area contributed by atoms with E-state index in [-0.39, 0.29) is 6.61 Å². The Labute approximate surface area is 154 Å². The number of rotatable bonds is 6. The van der Waals surface area contributed by atoms with Crippen LogP contribution in [-0.4, -0.2) is 30.8 Å². The number of hydrogen-bond donors (Lipinski definition) is 0. The van der Waals surface area contributed by atoms with Gasteiger partial charge < -0.3 is 9.64 Å². The van der Waals surface area contributed by atoms with Crippen LogP contribution in [0, 0.1) is 13.8 Å². The minimum absolute atomic E-state index is 0.219. The number of halogens is 1. The molecule has 0 atom stereocenters. The zero-order valence-electron chi connectivity index (χ0n) is 15.0. The predicted octanol–water partition coefficient (Wildman–Crippen LogP) is 4.93. The molecule has 0 bridgehead atoms. The van der Waals surface area contributed by atoms with Crippen molar-refractivity contribution in [1.82, 2.24) is 4.90 Å². The van der Waals surface area contributed by atoms with Crippen molar-refractivity contribution in [2.45, 2.75) is 27.4 Å². The van der Waals surface area contributed by atoms with Crippen molar-refractivity contribution >= 4 is 29.6 Å². The molecule has 0 aliphatic rings. The Morgan fingerprint density at radius 2 is 2.04 bits per heavy atom. The van der Waals surface area contributed by atoms with E-state index in [1.165, 1.54) is 0 Å². The van der Waals surface area contributed by atoms with Crippen molar-refractivity contribution in [1.29, 1.82) is 0 Å². The fourth-order valence-electron chi connectivity index (χ4n) is 2.24. The standard InChI is InChI=1S/C20H23ClN2O2/c1-5-23(4)13-22-19-11-18(21)17(10-15(19)3)20(24)25-12-16-8-6-7-14(2)9-16/h6-11,13H,5,12H2,1-4H3/b22-13+. The zero-order chi connectivity index (χ0) is 18.4. The maximum Gasteiger partial charge on any atom is 0.339 e. The number of aryl methyl sites for hydroxylation is 2. The maximum absolute atomic E-state index is 12.3. The van der Waals surface area contributed by atoms with E-state index in [9.17, 15) is 4.79 Å². The molecule has 0 heterocycles. The molecular weight excluding hydrogens is 336 g/mol. The Bertz CT molecular complexity index is 787. The van der Waals surface area contributed by atoms with E-state index in [1.807, 2.05) is 57.0 Å². The van der Waals surface area contributed by atoms with Crippen molar-refractivity contribution in [3.05, 3.63) is 63.7 Å². The summed E-state index contributed by atoms with van der Waals surface area (Å²) in [6.07, 6.45) is 1.74. The Kier molecular flexibility index (Phi) is 6.59. The summed E-state index contributed by atoms with van der Waals surface area (Å²) in [5.41, 5.74) is 4.04. The quantitative estimate of drug-likeness (QED) is 0.418. The summed E-state index contributed by atoms with van der Waals surface area (Å²) in [6, 6.07) is 11.3. The highest BCUT2D eigenvalue weighted by atomic mass is 35.5. The van der Waals surface area contributed by atoms with Gasteiger partial charge in [0.15, 0.2) is 0 Å². The molecule has 0 aliphatic carbocycles. The van der Waals surface area contributed by atoms with Crippen LogP contribution in [0.25, 0.3) is 0 Å². The van der Waals surface area contributed by atoms with Crippen LogP contribution in [0.4, 0.5) is 5.69 Å². The molecule has 0 radical (unpaired) electrons. The van der Waals surface area contributed by atoms with E-state index < -0.39 is 5.97 Å². The number of ether oxygens (including phenoxy) is 1. The number of carbonyl (C=O) groups is 1. The van der Waals surface area contributed by atoms with Crippen LogP contribution >= 0.6 is 11.6 Å². The van der Waals surface area contributed by atoms with Crippen molar-refractivity contribution in [3.8, 4) is 0 Å². The smallest absolute Gasteiger partial charge is 0.339 e. The summed E-state index contributed by atoms with van der Waals surface area (Å²) in [6.45, 7) is 7.02. The molecule has 2 aromatic carbocycles. The number of aliphatic imine (C=N–C) groups is 1. The Morgan fingerprint density at radius 1 is 1.28 bits per heavy atom. The lowest BCUT2D eigenvalue weighted by molar-refractivity contribution is 0.0473. The minimum Gasteiger partial charge on any atom is -0.457 e. The first-order valence-corrected chi connectivity index (χ1v) is 8.55. The van der Waals surface area contributed by atoms with Crippen LogP contribution in [-0.2, 0) is 11.3 Å². The van der Waals surface area contributed by atoms with Gasteiger partial charge in [0.25, 0.3) is 0 Å². The molecule has 0 saturated carbocycles. The van der Waals surface area contributed by atoms with Gasteiger partial charge in [0.05, 0.1) is 22.6 Å². The van der Waals surface area contributed by atoms with E-state index in [4.69, 9.17) is 16.3 Å². The van der Waals surface area contributed by atoms with E-state index in [2.05, 4.69) is 4.99 Å². The summed E-state index contributed by atoms with van der Waals surface area (Å²) in [7, 11) is 1.94. The van der Waals surface area contributed by atoms with Crippen molar-refractivity contribution in [3.63, 3.8) is 0 Å². The first-order valence-electron chi connectivity index (χ1n) is 8.18. The van der Waals surface area contributed by atoms with E-state index in [0.717, 1.165) is 28.9 Å². The first-order chi connectivity index (χ1) is 11.9. The third-order valence-corrected chi connectivity index (χ3v) is 4.16. The number of nitrogens with zero attached hydrogens (tertiary/aromatic N) is 2. The van der Waals surface area contributed by atoms with Crippen LogP contribution < -0.4 is 0 Å². The lowest BCUT2D eigenvalue weighted by Crippen LogP contribution is -2.14. The van der Waals surface area contributed by atoms with Gasteiger partial charge in [0.1, 0.15) is 6.61 Å². The minimum atomic E-state index is -0.434. The lowest BCUT2D eigenvalue weighted by Gasteiger charge is -2.11. The fourth-order valence-corrected chi connectivity index (χ4v) is 2.47. The second-order valence-corrected chi connectivity index (χ2v) is 6.41. The summed E-state index contributed by atoms with van der Waals surface area (Å²) in [4.78, 5) is 18.7. The highest BCUT2D eigenvalue weighted by Gasteiger charge is 2.14. The molecule has 5 heteroatoms. The largest absolute Gasteiger partial charge is 0.457 e. The SMILES string of the molecule is CCN(C)/C=N/c1cc(Cl)c(C(=O)OCc2cccc(C)c2)cc1C. The second kappa shape index (κ2) is 8.67. The van der Waals surface area contributed by atoms with E-state index in [0.29, 0.717) is 10.6 Å². The molecule has 0 spiro atoms. The van der Waals surface area contributed by atoms with Crippen LogP contribution in [0.1, 0.15) is 34.0 Å². The molecule has 25 heavy (non-hydrogen) atoms. The molecule has 0 amide bonds. The van der Waals surface area contributed by atoms with Crippen LogP contribution in [0.5, 0.6) is 0 Å². The number of esters is 1. The van der Waals surface area contributed by atoms with Gasteiger partial charge >= 0.3 is 5.97 Å². The summed E-state index contributed by atoms with van der Waals surface area (Å²) in [5, 5.41) is 0.339. The summed E-state index contributed by atoms with van der Waals surface area (Å²) >= 11 is 6.26. The van der Waals surface area contributed by atoms with Gasteiger partial charge in [-0.1, -0.05) is 41.4 Å². The average molecular weight is 359 g/mol. The normalized spacial score (nSPS) is 10.9. The Hall–Kier alpha value is -2.33. The Morgan fingerprint density at radius 3 is 2.72 bits per heavy atom. The van der Waals surface area contributed by atoms with Crippen molar-refractivity contribution < 1.29 is 9.53 Å². The lowest BCUT2D eigenvalue weighted by atomic mass is 10.1. The van der Waals surface area contributed by atoms with Crippen molar-refractivity contribution in [2.75, 3.05) is 13.6 Å². The third-order valence-electron chi connectivity index (χ3n) is 3.85. The molecule has 0 unspecified atom stereocenters. The average Bonchev–Trinajstić information content (AvgIpc) is 2.59. The molecule has 4 nitrogen and oxygen atoms in total.